The van der Waals surface area contributed by atoms with Crippen molar-refractivity contribution in [1.29, 1.82) is 0 Å². The fourth-order valence-corrected chi connectivity index (χ4v) is 3.56. The van der Waals surface area contributed by atoms with E-state index in [9.17, 15) is 13.6 Å². The number of amides is 1. The molecule has 3 nitrogen and oxygen atoms in total. The summed E-state index contributed by atoms with van der Waals surface area (Å²) in [7, 11) is 0. The summed E-state index contributed by atoms with van der Waals surface area (Å²) in [5, 5.41) is 4.65. The van der Waals surface area contributed by atoms with Gasteiger partial charge in [0.05, 0.1) is 10.6 Å². The first-order chi connectivity index (χ1) is 10.5. The molecular weight excluding hydrogens is 326 g/mol. The molecule has 1 N–H and O–H groups in total. The van der Waals surface area contributed by atoms with Gasteiger partial charge in [0.25, 0.3) is 5.91 Å². The van der Waals surface area contributed by atoms with E-state index in [0.29, 0.717) is 0 Å². The Bertz CT molecular complexity index is 842. The van der Waals surface area contributed by atoms with Crippen LogP contribution in [-0.4, -0.2) is 10.9 Å². The van der Waals surface area contributed by atoms with Gasteiger partial charge in [-0.25, -0.2) is 13.8 Å². The van der Waals surface area contributed by atoms with Crippen molar-refractivity contribution in [3.63, 3.8) is 0 Å². The van der Waals surface area contributed by atoms with E-state index >= 15 is 0 Å². The lowest BCUT2D eigenvalue weighted by atomic mass is 10.3. The molecule has 112 valence electrons. The van der Waals surface area contributed by atoms with Crippen molar-refractivity contribution in [2.24, 2.45) is 0 Å². The van der Waals surface area contributed by atoms with Crippen molar-refractivity contribution in [3.8, 4) is 9.88 Å². The summed E-state index contributed by atoms with van der Waals surface area (Å²) in [6.07, 6.45) is 0. The summed E-state index contributed by atoms with van der Waals surface area (Å²) in [5.74, 6) is -1.89. The molecule has 0 saturated carbocycles. The molecule has 0 bridgehead atoms. The highest BCUT2D eigenvalue weighted by molar-refractivity contribution is 7.21. The number of thiophene rings is 1. The Labute approximate surface area is 133 Å². The van der Waals surface area contributed by atoms with Crippen molar-refractivity contribution in [2.45, 2.75) is 6.92 Å². The van der Waals surface area contributed by atoms with Gasteiger partial charge in [-0.1, -0.05) is 0 Å². The molecule has 3 rings (SSSR count). The Kier molecular flexibility index (Phi) is 4.00. The first-order valence-corrected chi connectivity index (χ1v) is 8.01. The molecule has 0 saturated heterocycles. The van der Waals surface area contributed by atoms with Crippen LogP contribution in [0.1, 0.15) is 15.4 Å². The van der Waals surface area contributed by atoms with E-state index in [1.165, 1.54) is 11.3 Å². The fraction of sp³-hybridized carbons (Fsp3) is 0.0667. The molecule has 0 spiro atoms. The summed E-state index contributed by atoms with van der Waals surface area (Å²) in [4.78, 5) is 18.4. The number of halogens is 2. The predicted molar refractivity (Wildman–Crippen MR) is 84.5 cm³/mol. The van der Waals surface area contributed by atoms with Gasteiger partial charge in [0, 0.05) is 16.3 Å². The number of nitrogens with zero attached hydrogens (tertiary/aromatic N) is 1. The number of nitrogens with one attached hydrogen (secondary N) is 1. The van der Waals surface area contributed by atoms with Crippen LogP contribution in [0, 0.1) is 18.6 Å². The third-order valence-electron chi connectivity index (χ3n) is 2.86. The Morgan fingerprint density at radius 3 is 2.77 bits per heavy atom. The van der Waals surface area contributed by atoms with E-state index in [1.54, 1.807) is 16.7 Å². The maximum atomic E-state index is 13.5. The zero-order chi connectivity index (χ0) is 15.7. The predicted octanol–water partition coefficient (Wildman–Crippen LogP) is 4.71. The standard InChI is InChI=1S/C15H10F2N2OS2/c1-8-2-5-13(22-8)15-19-12(7-21-15)14(20)18-11-6-9(16)3-4-10(11)17/h2-7H,1H3,(H,18,20). The zero-order valence-corrected chi connectivity index (χ0v) is 13.0. The molecule has 0 aliphatic heterocycles. The second kappa shape index (κ2) is 5.94. The van der Waals surface area contributed by atoms with Gasteiger partial charge in [0.1, 0.15) is 22.3 Å². The van der Waals surface area contributed by atoms with E-state index in [4.69, 9.17) is 0 Å². The average Bonchev–Trinajstić information content (AvgIpc) is 3.11. The third-order valence-corrected chi connectivity index (χ3v) is 4.88. The minimum atomic E-state index is -0.695. The van der Waals surface area contributed by atoms with Gasteiger partial charge in [-0.2, -0.15) is 0 Å². The lowest BCUT2D eigenvalue weighted by Crippen LogP contribution is -2.13. The number of carbonyl (C=O) groups excluding carboxylic acids is 1. The van der Waals surface area contributed by atoms with Crippen molar-refractivity contribution in [3.05, 3.63) is 57.9 Å². The number of thiazole rings is 1. The van der Waals surface area contributed by atoms with E-state index in [2.05, 4.69) is 10.3 Å². The number of aromatic nitrogens is 1. The topological polar surface area (TPSA) is 42.0 Å². The number of hydrogen-bond acceptors (Lipinski definition) is 4. The van der Waals surface area contributed by atoms with Gasteiger partial charge in [0.15, 0.2) is 0 Å². The molecule has 0 aliphatic rings. The molecule has 7 heteroatoms. The molecule has 0 fully saturated rings. The van der Waals surface area contributed by atoms with Crippen LogP contribution in [0.2, 0.25) is 0 Å². The van der Waals surface area contributed by atoms with Gasteiger partial charge in [0.2, 0.25) is 0 Å². The maximum absolute atomic E-state index is 13.5. The summed E-state index contributed by atoms with van der Waals surface area (Å²) in [5.41, 5.74) is -0.0266. The molecule has 0 atom stereocenters. The van der Waals surface area contributed by atoms with Crippen LogP contribution in [0.15, 0.2) is 35.7 Å². The average molecular weight is 336 g/mol. The Balaban J connectivity index is 1.81. The molecule has 1 aromatic carbocycles. The second-order valence-corrected chi connectivity index (χ2v) is 6.67. The molecule has 0 radical (unpaired) electrons. The van der Waals surface area contributed by atoms with E-state index < -0.39 is 17.5 Å². The Morgan fingerprint density at radius 1 is 1.23 bits per heavy atom. The van der Waals surface area contributed by atoms with Crippen LogP contribution < -0.4 is 5.32 Å². The Hall–Kier alpha value is -2.12. The second-order valence-electron chi connectivity index (χ2n) is 4.53. The molecule has 0 unspecified atom stereocenters. The van der Waals surface area contributed by atoms with Gasteiger partial charge < -0.3 is 5.32 Å². The normalized spacial score (nSPS) is 10.7. The van der Waals surface area contributed by atoms with Gasteiger partial charge in [-0.3, -0.25) is 4.79 Å². The number of benzene rings is 1. The SMILES string of the molecule is Cc1ccc(-c2nc(C(=O)Nc3cc(F)ccc3F)cs2)s1. The summed E-state index contributed by atoms with van der Waals surface area (Å²) < 4.78 is 26.6. The van der Waals surface area contributed by atoms with Crippen molar-refractivity contribution in [1.82, 2.24) is 4.98 Å². The lowest BCUT2D eigenvalue weighted by Gasteiger charge is -2.04. The molecule has 1 amide bonds. The zero-order valence-electron chi connectivity index (χ0n) is 11.4. The van der Waals surface area contributed by atoms with Crippen molar-refractivity contribution in [2.75, 3.05) is 5.32 Å². The molecule has 2 aromatic heterocycles. The van der Waals surface area contributed by atoms with Crippen molar-refractivity contribution >= 4 is 34.3 Å². The highest BCUT2D eigenvalue weighted by Crippen LogP contribution is 2.30. The van der Waals surface area contributed by atoms with Crippen LogP contribution in [-0.2, 0) is 0 Å². The smallest absolute Gasteiger partial charge is 0.275 e. The number of aryl methyl sites for hydroxylation is 1. The number of carbonyl (C=O) groups is 1. The van der Waals surface area contributed by atoms with Crippen LogP contribution >= 0.6 is 22.7 Å². The molecular formula is C15H10F2N2OS2. The molecule has 22 heavy (non-hydrogen) atoms. The van der Waals surface area contributed by atoms with Gasteiger partial charge >= 0.3 is 0 Å². The summed E-state index contributed by atoms with van der Waals surface area (Å²) >= 11 is 2.91. The number of rotatable bonds is 3. The quantitative estimate of drug-likeness (QED) is 0.752. The Morgan fingerprint density at radius 2 is 2.05 bits per heavy atom. The maximum Gasteiger partial charge on any atom is 0.275 e. The largest absolute Gasteiger partial charge is 0.318 e. The number of anilines is 1. The minimum Gasteiger partial charge on any atom is -0.318 e. The van der Waals surface area contributed by atoms with Crippen LogP contribution in [0.3, 0.4) is 0 Å². The molecule has 3 aromatic rings. The van der Waals surface area contributed by atoms with Gasteiger partial charge in [-0.05, 0) is 31.2 Å². The molecule has 0 aliphatic carbocycles. The lowest BCUT2D eigenvalue weighted by molar-refractivity contribution is 0.102. The van der Waals surface area contributed by atoms with Crippen LogP contribution in [0.25, 0.3) is 9.88 Å². The first-order valence-electron chi connectivity index (χ1n) is 6.31. The first kappa shape index (κ1) is 14.8. The summed E-state index contributed by atoms with van der Waals surface area (Å²) in [6.45, 7) is 1.99. The van der Waals surface area contributed by atoms with E-state index in [0.717, 1.165) is 33.0 Å². The number of hydrogen-bond donors (Lipinski definition) is 1. The fourth-order valence-electron chi connectivity index (χ4n) is 1.82. The van der Waals surface area contributed by atoms with E-state index in [1.807, 2.05) is 19.1 Å². The van der Waals surface area contributed by atoms with Gasteiger partial charge in [-0.15, -0.1) is 22.7 Å². The third kappa shape index (κ3) is 3.05. The highest BCUT2D eigenvalue weighted by Gasteiger charge is 2.15. The molecule has 2 heterocycles. The van der Waals surface area contributed by atoms with Crippen LogP contribution in [0.5, 0.6) is 0 Å². The van der Waals surface area contributed by atoms with Crippen molar-refractivity contribution < 1.29 is 13.6 Å². The van der Waals surface area contributed by atoms with E-state index in [-0.39, 0.29) is 11.4 Å². The minimum absolute atomic E-state index is 0.176. The van der Waals surface area contributed by atoms with Crippen LogP contribution in [0.4, 0.5) is 14.5 Å². The summed E-state index contributed by atoms with van der Waals surface area (Å²) in [6, 6.07) is 6.80. The monoisotopic (exact) mass is 336 g/mol. The highest BCUT2D eigenvalue weighted by atomic mass is 32.1.